The molecule has 1 amide bonds. The number of imidazole rings is 1. The number of fused-ring (bicyclic) bond motifs is 1. The van der Waals surface area contributed by atoms with Gasteiger partial charge in [0.15, 0.2) is 5.82 Å². The van der Waals surface area contributed by atoms with Gasteiger partial charge in [0, 0.05) is 18.9 Å². The highest BCUT2D eigenvalue weighted by atomic mass is 79.9. The Kier molecular flexibility index (Phi) is 3.22. The predicted octanol–water partition coefficient (Wildman–Crippen LogP) is 1.13. The van der Waals surface area contributed by atoms with E-state index < -0.39 is 12.2 Å². The number of ether oxygens (including phenoxy) is 1. The fourth-order valence-electron chi connectivity index (χ4n) is 2.25. The molecule has 9 heteroatoms. The summed E-state index contributed by atoms with van der Waals surface area (Å²) in [6.07, 6.45) is 1.90. The van der Waals surface area contributed by atoms with Crippen molar-refractivity contribution in [3.8, 4) is 0 Å². The first-order valence-electron chi connectivity index (χ1n) is 5.95. The second-order valence-electron chi connectivity index (χ2n) is 4.38. The second-order valence-corrected chi connectivity index (χ2v) is 5.13. The van der Waals surface area contributed by atoms with Gasteiger partial charge in [0.25, 0.3) is 0 Å². The second kappa shape index (κ2) is 4.91. The Labute approximate surface area is 122 Å². The molecule has 1 unspecified atom stereocenters. The maximum absolute atomic E-state index is 11.1. The van der Waals surface area contributed by atoms with Crippen LogP contribution in [0.25, 0.3) is 5.52 Å². The van der Waals surface area contributed by atoms with Crippen molar-refractivity contribution >= 4 is 33.4 Å². The zero-order valence-corrected chi connectivity index (χ0v) is 11.9. The first kappa shape index (κ1) is 13.1. The number of carbonyl (C=O) groups is 1. The highest BCUT2D eigenvalue weighted by Crippen LogP contribution is 2.28. The smallest absolute Gasteiger partial charge is 0.407 e. The number of hydrogen-bond donors (Lipinski definition) is 2. The molecule has 2 aromatic rings. The number of anilines is 1. The molecule has 1 atom stereocenters. The molecule has 0 aromatic carbocycles. The summed E-state index contributed by atoms with van der Waals surface area (Å²) < 4.78 is 7.97. The van der Waals surface area contributed by atoms with Crippen LogP contribution in [0.3, 0.4) is 0 Å². The molecule has 1 aliphatic rings. The molecule has 20 heavy (non-hydrogen) atoms. The predicted molar refractivity (Wildman–Crippen MR) is 73.4 cm³/mol. The molecule has 0 aliphatic carbocycles. The van der Waals surface area contributed by atoms with Crippen molar-refractivity contribution in [2.45, 2.75) is 6.10 Å². The van der Waals surface area contributed by atoms with E-state index in [-0.39, 0.29) is 6.54 Å². The van der Waals surface area contributed by atoms with Crippen LogP contribution in [-0.2, 0) is 4.74 Å². The Balaban J connectivity index is 2.02. The minimum atomic E-state index is -0.959. The molecule has 1 fully saturated rings. The third-order valence-electron chi connectivity index (χ3n) is 3.19. The number of morpholine rings is 1. The van der Waals surface area contributed by atoms with E-state index in [1.165, 1.54) is 4.90 Å². The SMILES string of the molecule is Nc1nccn2c(C3CN(C(=O)O)CCO3)nc(Br)c12. The lowest BCUT2D eigenvalue weighted by Gasteiger charge is -2.30. The lowest BCUT2D eigenvalue weighted by molar-refractivity contribution is -0.0276. The van der Waals surface area contributed by atoms with Crippen LogP contribution < -0.4 is 5.73 Å². The monoisotopic (exact) mass is 341 g/mol. The average Bonchev–Trinajstić information content (AvgIpc) is 2.78. The number of amides is 1. The van der Waals surface area contributed by atoms with E-state index in [4.69, 9.17) is 15.6 Å². The number of rotatable bonds is 1. The van der Waals surface area contributed by atoms with Crippen LogP contribution in [0.2, 0.25) is 0 Å². The normalized spacial score (nSPS) is 19.4. The van der Waals surface area contributed by atoms with Gasteiger partial charge in [-0.15, -0.1) is 0 Å². The van der Waals surface area contributed by atoms with Gasteiger partial charge in [-0.05, 0) is 15.9 Å². The van der Waals surface area contributed by atoms with E-state index in [0.29, 0.717) is 34.9 Å². The highest BCUT2D eigenvalue weighted by Gasteiger charge is 2.29. The summed E-state index contributed by atoms with van der Waals surface area (Å²) in [5.74, 6) is 0.955. The van der Waals surface area contributed by atoms with Crippen LogP contribution in [0, 0.1) is 0 Å². The van der Waals surface area contributed by atoms with Crippen LogP contribution in [0.4, 0.5) is 10.6 Å². The van der Waals surface area contributed by atoms with Crippen molar-refractivity contribution in [2.24, 2.45) is 0 Å². The van der Waals surface area contributed by atoms with Crippen molar-refractivity contribution in [1.82, 2.24) is 19.3 Å². The van der Waals surface area contributed by atoms with E-state index >= 15 is 0 Å². The molecule has 3 rings (SSSR count). The lowest BCUT2D eigenvalue weighted by atomic mass is 10.2. The average molecular weight is 342 g/mol. The minimum Gasteiger partial charge on any atom is -0.465 e. The topological polar surface area (TPSA) is 106 Å². The number of nitrogen functional groups attached to an aromatic ring is 1. The molecular weight excluding hydrogens is 330 g/mol. The first-order chi connectivity index (χ1) is 9.58. The molecule has 106 valence electrons. The number of halogens is 1. The Hall–Kier alpha value is -1.87. The molecule has 3 heterocycles. The lowest BCUT2D eigenvalue weighted by Crippen LogP contribution is -2.41. The van der Waals surface area contributed by atoms with E-state index in [0.717, 1.165) is 0 Å². The summed E-state index contributed by atoms with van der Waals surface area (Å²) in [6.45, 7) is 0.938. The Morgan fingerprint density at radius 3 is 3.15 bits per heavy atom. The third-order valence-corrected chi connectivity index (χ3v) is 3.75. The van der Waals surface area contributed by atoms with Gasteiger partial charge in [-0.2, -0.15) is 0 Å². The van der Waals surface area contributed by atoms with E-state index in [2.05, 4.69) is 25.9 Å². The summed E-state index contributed by atoms with van der Waals surface area (Å²) in [6, 6.07) is 0. The van der Waals surface area contributed by atoms with Gasteiger partial charge >= 0.3 is 6.09 Å². The maximum atomic E-state index is 11.1. The zero-order chi connectivity index (χ0) is 14.3. The van der Waals surface area contributed by atoms with Gasteiger partial charge in [-0.1, -0.05) is 0 Å². The van der Waals surface area contributed by atoms with Crippen molar-refractivity contribution in [2.75, 3.05) is 25.4 Å². The number of carboxylic acid groups (broad SMARTS) is 1. The van der Waals surface area contributed by atoms with Crippen LogP contribution in [0.5, 0.6) is 0 Å². The van der Waals surface area contributed by atoms with Gasteiger partial charge in [-0.25, -0.2) is 14.8 Å². The van der Waals surface area contributed by atoms with Gasteiger partial charge in [0.1, 0.15) is 22.0 Å². The van der Waals surface area contributed by atoms with Crippen LogP contribution in [-0.4, -0.2) is 50.2 Å². The Morgan fingerprint density at radius 2 is 2.40 bits per heavy atom. The van der Waals surface area contributed by atoms with Crippen LogP contribution >= 0.6 is 15.9 Å². The summed E-state index contributed by atoms with van der Waals surface area (Å²) in [5.41, 5.74) is 6.48. The molecule has 1 saturated heterocycles. The van der Waals surface area contributed by atoms with Crippen molar-refractivity contribution in [1.29, 1.82) is 0 Å². The maximum Gasteiger partial charge on any atom is 0.407 e. The number of aromatic nitrogens is 3. The van der Waals surface area contributed by atoms with E-state index in [1.807, 2.05) is 0 Å². The fraction of sp³-hybridized carbons (Fsp3) is 0.364. The molecular formula is C11H12BrN5O3. The molecule has 8 nitrogen and oxygen atoms in total. The molecule has 0 bridgehead atoms. The Morgan fingerprint density at radius 1 is 1.60 bits per heavy atom. The van der Waals surface area contributed by atoms with Crippen molar-refractivity contribution in [3.05, 3.63) is 22.8 Å². The van der Waals surface area contributed by atoms with Gasteiger partial charge in [-0.3, -0.25) is 4.40 Å². The van der Waals surface area contributed by atoms with Crippen LogP contribution in [0.15, 0.2) is 17.0 Å². The fourth-order valence-corrected chi connectivity index (χ4v) is 2.82. The number of nitrogens with zero attached hydrogens (tertiary/aromatic N) is 4. The van der Waals surface area contributed by atoms with Crippen LogP contribution in [0.1, 0.15) is 11.9 Å². The van der Waals surface area contributed by atoms with Crippen molar-refractivity contribution in [3.63, 3.8) is 0 Å². The third kappa shape index (κ3) is 2.08. The molecule has 2 aromatic heterocycles. The molecule has 0 saturated carbocycles. The van der Waals surface area contributed by atoms with E-state index in [9.17, 15) is 4.79 Å². The summed E-state index contributed by atoms with van der Waals surface area (Å²) in [7, 11) is 0. The standard InChI is InChI=1S/C11H12BrN5O3/c12-8-7-9(13)14-1-2-17(7)10(15-8)6-5-16(11(18)19)3-4-20-6/h1-2,6H,3-5H2,(H2,13,14)(H,18,19). The van der Waals surface area contributed by atoms with Gasteiger partial charge in [0.2, 0.25) is 0 Å². The summed E-state index contributed by atoms with van der Waals surface area (Å²) >= 11 is 3.34. The summed E-state index contributed by atoms with van der Waals surface area (Å²) in [5, 5.41) is 9.07. The molecule has 3 N–H and O–H groups in total. The van der Waals surface area contributed by atoms with Gasteiger partial charge < -0.3 is 20.5 Å². The molecule has 1 aliphatic heterocycles. The largest absolute Gasteiger partial charge is 0.465 e. The summed E-state index contributed by atoms with van der Waals surface area (Å²) in [4.78, 5) is 20.8. The Bertz CT molecular complexity index is 673. The van der Waals surface area contributed by atoms with Gasteiger partial charge in [0.05, 0.1) is 13.2 Å². The minimum absolute atomic E-state index is 0.239. The number of nitrogens with two attached hydrogens (primary N) is 1. The highest BCUT2D eigenvalue weighted by molar-refractivity contribution is 9.10. The number of hydrogen-bond acceptors (Lipinski definition) is 5. The zero-order valence-electron chi connectivity index (χ0n) is 10.4. The quantitative estimate of drug-likeness (QED) is 0.805. The molecule has 0 radical (unpaired) electrons. The van der Waals surface area contributed by atoms with Crippen molar-refractivity contribution < 1.29 is 14.6 Å². The van der Waals surface area contributed by atoms with E-state index in [1.54, 1.807) is 16.8 Å². The first-order valence-corrected chi connectivity index (χ1v) is 6.74. The molecule has 0 spiro atoms.